The maximum atomic E-state index is 13.6. The fraction of sp³-hybridized carbons (Fsp3) is 0.593. The maximum Gasteiger partial charge on any atom is 0.320 e. The number of likely N-dealkylation sites (tertiary alicyclic amines) is 2. The van der Waals surface area contributed by atoms with Crippen LogP contribution >= 0.6 is 0 Å². The number of hydrogen-bond acceptors (Lipinski definition) is 5. The van der Waals surface area contributed by atoms with Crippen molar-refractivity contribution in [2.45, 2.75) is 77.4 Å². The van der Waals surface area contributed by atoms with Gasteiger partial charge in [-0.3, -0.25) is 14.5 Å². The van der Waals surface area contributed by atoms with Crippen LogP contribution in [-0.2, 0) is 27.3 Å². The zero-order valence-electron chi connectivity index (χ0n) is 20.5. The topological polar surface area (TPSA) is 78.6 Å². The number of amides is 1. The third-order valence-electron chi connectivity index (χ3n) is 7.37. The summed E-state index contributed by atoms with van der Waals surface area (Å²) in [5.41, 5.74) is 3.05. The number of nitrogens with zero attached hydrogens (tertiary/aromatic N) is 4. The van der Waals surface area contributed by atoms with E-state index in [1.165, 1.54) is 5.69 Å². The Hall–Kier alpha value is -2.85. The van der Waals surface area contributed by atoms with Gasteiger partial charge in [-0.05, 0) is 88.9 Å². The van der Waals surface area contributed by atoms with Gasteiger partial charge in [0.05, 0.1) is 30.8 Å². The number of carbonyl (C=O) groups is 2. The molecule has 1 amide bonds. The van der Waals surface area contributed by atoms with Crippen molar-refractivity contribution in [1.29, 1.82) is 5.26 Å². The van der Waals surface area contributed by atoms with E-state index in [1.807, 2.05) is 30.0 Å². The van der Waals surface area contributed by atoms with E-state index in [2.05, 4.69) is 28.5 Å². The molecule has 1 aromatic heterocycles. The molecule has 2 aliphatic heterocycles. The first-order chi connectivity index (χ1) is 16.5. The van der Waals surface area contributed by atoms with E-state index >= 15 is 0 Å². The molecule has 182 valence electrons. The Labute approximate surface area is 202 Å². The lowest BCUT2D eigenvalue weighted by Gasteiger charge is -2.39. The Morgan fingerprint density at radius 1 is 1.12 bits per heavy atom. The molecule has 0 bridgehead atoms. The lowest BCUT2D eigenvalue weighted by Crippen LogP contribution is -2.52. The SMILES string of the molecule is CCOC(=O)CN1CCC[C@@H]1C(=O)N1CCCC[C@H]1CCc1cc2ccc(C#N)cc2n1CC. The predicted molar refractivity (Wildman–Crippen MR) is 131 cm³/mol. The molecule has 3 heterocycles. The summed E-state index contributed by atoms with van der Waals surface area (Å²) in [5.74, 6) is -0.0643. The molecule has 7 heteroatoms. The number of piperidine rings is 1. The molecule has 2 fully saturated rings. The number of esters is 1. The normalized spacial score (nSPS) is 21.0. The Bertz CT molecular complexity index is 1070. The lowest BCUT2D eigenvalue weighted by atomic mass is 9.96. The molecule has 1 aromatic carbocycles. The minimum absolute atomic E-state index is 0.182. The molecule has 0 saturated carbocycles. The van der Waals surface area contributed by atoms with Gasteiger partial charge in [0.2, 0.25) is 5.91 Å². The molecule has 0 spiro atoms. The molecule has 2 saturated heterocycles. The largest absolute Gasteiger partial charge is 0.465 e. The maximum absolute atomic E-state index is 13.6. The average Bonchev–Trinajstić information content (AvgIpc) is 3.45. The van der Waals surface area contributed by atoms with Crippen LogP contribution in [0, 0.1) is 11.3 Å². The highest BCUT2D eigenvalue weighted by molar-refractivity contribution is 5.84. The summed E-state index contributed by atoms with van der Waals surface area (Å²) < 4.78 is 7.42. The second-order valence-corrected chi connectivity index (χ2v) is 9.42. The van der Waals surface area contributed by atoms with Gasteiger partial charge in [0.25, 0.3) is 0 Å². The van der Waals surface area contributed by atoms with Crippen LogP contribution in [0.2, 0.25) is 0 Å². The third-order valence-corrected chi connectivity index (χ3v) is 7.37. The third kappa shape index (κ3) is 5.12. The van der Waals surface area contributed by atoms with Crippen LogP contribution in [0.4, 0.5) is 0 Å². The highest BCUT2D eigenvalue weighted by Crippen LogP contribution is 2.28. The van der Waals surface area contributed by atoms with Crippen molar-refractivity contribution in [1.82, 2.24) is 14.4 Å². The summed E-state index contributed by atoms with van der Waals surface area (Å²) in [6.07, 6.45) is 6.80. The van der Waals surface area contributed by atoms with Gasteiger partial charge in [-0.25, -0.2) is 0 Å². The molecule has 0 radical (unpaired) electrons. The van der Waals surface area contributed by atoms with Gasteiger partial charge in [-0.15, -0.1) is 0 Å². The molecule has 0 aliphatic carbocycles. The molecule has 2 aliphatic rings. The fourth-order valence-corrected chi connectivity index (χ4v) is 5.73. The Balaban J connectivity index is 1.46. The smallest absolute Gasteiger partial charge is 0.320 e. The van der Waals surface area contributed by atoms with E-state index in [0.717, 1.165) is 75.5 Å². The fourth-order valence-electron chi connectivity index (χ4n) is 5.73. The molecular weight excluding hydrogens is 428 g/mol. The number of aromatic nitrogens is 1. The summed E-state index contributed by atoms with van der Waals surface area (Å²) in [6.45, 7) is 6.94. The molecule has 0 unspecified atom stereocenters. The molecule has 34 heavy (non-hydrogen) atoms. The van der Waals surface area contributed by atoms with Crippen molar-refractivity contribution in [3.05, 3.63) is 35.5 Å². The zero-order valence-corrected chi connectivity index (χ0v) is 20.5. The van der Waals surface area contributed by atoms with E-state index in [0.29, 0.717) is 12.2 Å². The summed E-state index contributed by atoms with van der Waals surface area (Å²) in [5, 5.41) is 10.4. The van der Waals surface area contributed by atoms with Crippen molar-refractivity contribution in [2.24, 2.45) is 0 Å². The first-order valence-electron chi connectivity index (χ1n) is 12.8. The molecule has 2 aromatic rings. The van der Waals surface area contributed by atoms with Crippen molar-refractivity contribution < 1.29 is 14.3 Å². The van der Waals surface area contributed by atoms with E-state index in [1.54, 1.807) is 0 Å². The number of fused-ring (bicyclic) bond motifs is 1. The highest BCUT2D eigenvalue weighted by atomic mass is 16.5. The number of aryl methyl sites for hydroxylation is 2. The number of hydrogen-bond donors (Lipinski definition) is 0. The van der Waals surface area contributed by atoms with Gasteiger partial charge in [0.1, 0.15) is 0 Å². The van der Waals surface area contributed by atoms with Crippen molar-refractivity contribution in [3.63, 3.8) is 0 Å². The Morgan fingerprint density at radius 2 is 1.97 bits per heavy atom. The minimum Gasteiger partial charge on any atom is -0.465 e. The van der Waals surface area contributed by atoms with Crippen LogP contribution in [-0.4, -0.2) is 64.6 Å². The molecular formula is C27H36N4O3. The minimum atomic E-state index is -0.246. The van der Waals surface area contributed by atoms with Crippen LogP contribution in [0.1, 0.15) is 63.6 Å². The molecule has 0 N–H and O–H groups in total. The number of benzene rings is 1. The molecule has 7 nitrogen and oxygen atoms in total. The monoisotopic (exact) mass is 464 g/mol. The van der Waals surface area contributed by atoms with Crippen molar-refractivity contribution >= 4 is 22.8 Å². The van der Waals surface area contributed by atoms with Crippen LogP contribution in [0.25, 0.3) is 10.9 Å². The Kier molecular flexibility index (Phi) is 7.89. The van der Waals surface area contributed by atoms with Gasteiger partial charge in [-0.1, -0.05) is 6.07 Å². The van der Waals surface area contributed by atoms with E-state index in [4.69, 9.17) is 4.74 Å². The number of carbonyl (C=O) groups excluding carboxylic acids is 2. The van der Waals surface area contributed by atoms with Crippen LogP contribution in [0.5, 0.6) is 0 Å². The quantitative estimate of drug-likeness (QED) is 0.554. The summed E-state index contributed by atoms with van der Waals surface area (Å²) in [6, 6.07) is 10.4. The predicted octanol–water partition coefficient (Wildman–Crippen LogP) is 3.87. The number of ether oxygens (including phenoxy) is 1. The number of rotatable bonds is 8. The Morgan fingerprint density at radius 3 is 2.74 bits per heavy atom. The number of nitriles is 1. The van der Waals surface area contributed by atoms with E-state index in [-0.39, 0.29) is 30.5 Å². The second-order valence-electron chi connectivity index (χ2n) is 9.42. The molecule has 4 rings (SSSR count). The lowest BCUT2D eigenvalue weighted by molar-refractivity contribution is -0.147. The highest BCUT2D eigenvalue weighted by Gasteiger charge is 2.37. The van der Waals surface area contributed by atoms with Gasteiger partial charge < -0.3 is 14.2 Å². The van der Waals surface area contributed by atoms with Crippen LogP contribution in [0.3, 0.4) is 0 Å². The molecule has 2 atom stereocenters. The van der Waals surface area contributed by atoms with Crippen molar-refractivity contribution in [3.8, 4) is 6.07 Å². The van der Waals surface area contributed by atoms with Crippen LogP contribution < -0.4 is 0 Å². The standard InChI is InChI=1S/C27H36N4O3/c1-3-30-23(17-21-11-10-20(18-28)16-25(21)30)13-12-22-8-5-6-15-31(22)27(33)24-9-7-14-29(24)19-26(32)34-4-2/h10-11,16-17,22,24H,3-9,12-15,19H2,1-2H3/t22-,24+/m0/s1. The van der Waals surface area contributed by atoms with Gasteiger partial charge in [0, 0.05) is 30.3 Å². The van der Waals surface area contributed by atoms with E-state index < -0.39 is 0 Å². The van der Waals surface area contributed by atoms with E-state index in [9.17, 15) is 14.9 Å². The first kappa shape index (κ1) is 24.3. The summed E-state index contributed by atoms with van der Waals surface area (Å²) in [7, 11) is 0. The summed E-state index contributed by atoms with van der Waals surface area (Å²) >= 11 is 0. The van der Waals surface area contributed by atoms with Gasteiger partial charge in [0.15, 0.2) is 0 Å². The summed E-state index contributed by atoms with van der Waals surface area (Å²) in [4.78, 5) is 29.7. The first-order valence-corrected chi connectivity index (χ1v) is 12.8. The zero-order chi connectivity index (χ0) is 24.1. The average molecular weight is 465 g/mol. The van der Waals surface area contributed by atoms with Crippen LogP contribution in [0.15, 0.2) is 24.3 Å². The second kappa shape index (κ2) is 11.1. The van der Waals surface area contributed by atoms with Gasteiger partial charge >= 0.3 is 5.97 Å². The van der Waals surface area contributed by atoms with Crippen molar-refractivity contribution in [2.75, 3.05) is 26.2 Å². The van der Waals surface area contributed by atoms with Gasteiger partial charge in [-0.2, -0.15) is 5.26 Å².